The largest absolute Gasteiger partial charge is 0.478 e. The fourth-order valence-electron chi connectivity index (χ4n) is 1.66. The van der Waals surface area contributed by atoms with E-state index in [1.807, 2.05) is 11.4 Å². The van der Waals surface area contributed by atoms with E-state index >= 15 is 0 Å². The van der Waals surface area contributed by atoms with E-state index in [2.05, 4.69) is 26.1 Å². The summed E-state index contributed by atoms with van der Waals surface area (Å²) in [7, 11) is 0. The minimum Gasteiger partial charge on any atom is -0.478 e. The molecule has 0 aliphatic carbocycles. The summed E-state index contributed by atoms with van der Waals surface area (Å²) >= 11 is 4.89. The molecule has 3 aromatic rings. The second kappa shape index (κ2) is 5.18. The Morgan fingerprint density at radius 3 is 2.75 bits per heavy atom. The fraction of sp³-hybridized carbons (Fsp3) is 0. The third-order valence-corrected chi connectivity index (χ3v) is 4.42. The van der Waals surface area contributed by atoms with Gasteiger partial charge in [0.25, 0.3) is 5.89 Å². The molecule has 2 aromatic heterocycles. The summed E-state index contributed by atoms with van der Waals surface area (Å²) in [6.45, 7) is 0. The van der Waals surface area contributed by atoms with Gasteiger partial charge < -0.3 is 9.52 Å². The van der Waals surface area contributed by atoms with Crippen molar-refractivity contribution in [3.8, 4) is 22.2 Å². The van der Waals surface area contributed by atoms with Crippen LogP contribution in [-0.4, -0.2) is 21.3 Å². The van der Waals surface area contributed by atoms with E-state index < -0.39 is 5.97 Å². The van der Waals surface area contributed by atoms with Crippen LogP contribution in [0, 0.1) is 0 Å². The van der Waals surface area contributed by atoms with Gasteiger partial charge >= 0.3 is 5.97 Å². The number of aromatic nitrogens is 2. The molecule has 0 radical (unpaired) electrons. The number of carbonyl (C=O) groups is 1. The standard InChI is InChI=1S/C13H7BrN2O3S/c14-9-4-5-20-10(9)12-16-15-11(19-12)7-2-1-3-8(6-7)13(17)18/h1-6H,(H,17,18). The Morgan fingerprint density at radius 2 is 2.05 bits per heavy atom. The first-order valence-corrected chi connectivity index (χ1v) is 7.23. The van der Waals surface area contributed by atoms with Crippen molar-refractivity contribution in [3.63, 3.8) is 0 Å². The van der Waals surface area contributed by atoms with Crippen LogP contribution in [0.3, 0.4) is 0 Å². The van der Waals surface area contributed by atoms with Gasteiger partial charge in [0.2, 0.25) is 5.89 Å². The molecule has 1 aromatic carbocycles. The van der Waals surface area contributed by atoms with Gasteiger partial charge in [0.15, 0.2) is 0 Å². The summed E-state index contributed by atoms with van der Waals surface area (Å²) < 4.78 is 6.48. The van der Waals surface area contributed by atoms with Crippen molar-refractivity contribution >= 4 is 33.2 Å². The molecule has 5 nitrogen and oxygen atoms in total. The Hall–Kier alpha value is -1.99. The number of thiophene rings is 1. The van der Waals surface area contributed by atoms with Crippen LogP contribution in [0.1, 0.15) is 10.4 Å². The Balaban J connectivity index is 2.00. The average molecular weight is 351 g/mol. The smallest absolute Gasteiger partial charge is 0.335 e. The van der Waals surface area contributed by atoms with Crippen molar-refractivity contribution in [1.29, 1.82) is 0 Å². The topological polar surface area (TPSA) is 76.2 Å². The lowest BCUT2D eigenvalue weighted by molar-refractivity contribution is 0.0697. The van der Waals surface area contributed by atoms with E-state index in [0.717, 1.165) is 9.35 Å². The van der Waals surface area contributed by atoms with Gasteiger partial charge in [-0.2, -0.15) is 0 Å². The second-order valence-corrected chi connectivity index (χ2v) is 5.67. The van der Waals surface area contributed by atoms with Crippen LogP contribution in [0.25, 0.3) is 22.2 Å². The summed E-state index contributed by atoms with van der Waals surface area (Å²) in [6, 6.07) is 8.29. The Bertz CT molecular complexity index is 781. The zero-order chi connectivity index (χ0) is 14.1. The van der Waals surface area contributed by atoms with Gasteiger partial charge in [0, 0.05) is 10.0 Å². The number of carboxylic acids is 1. The van der Waals surface area contributed by atoms with Crippen molar-refractivity contribution < 1.29 is 14.3 Å². The highest BCUT2D eigenvalue weighted by atomic mass is 79.9. The highest BCUT2D eigenvalue weighted by Crippen LogP contribution is 2.33. The average Bonchev–Trinajstić information content (AvgIpc) is 3.07. The van der Waals surface area contributed by atoms with Crippen LogP contribution in [0.15, 0.2) is 44.6 Å². The van der Waals surface area contributed by atoms with E-state index in [9.17, 15) is 4.79 Å². The number of aromatic carboxylic acids is 1. The van der Waals surface area contributed by atoms with Crippen LogP contribution < -0.4 is 0 Å². The van der Waals surface area contributed by atoms with Gasteiger partial charge in [-0.25, -0.2) is 4.79 Å². The Morgan fingerprint density at radius 1 is 1.25 bits per heavy atom. The maximum Gasteiger partial charge on any atom is 0.335 e. The summed E-state index contributed by atoms with van der Waals surface area (Å²) in [5, 5.41) is 18.8. The number of benzene rings is 1. The first-order valence-electron chi connectivity index (χ1n) is 5.56. The molecule has 0 fully saturated rings. The number of hydrogen-bond donors (Lipinski definition) is 1. The Kier molecular flexibility index (Phi) is 3.37. The number of hydrogen-bond acceptors (Lipinski definition) is 5. The summed E-state index contributed by atoms with van der Waals surface area (Å²) in [4.78, 5) is 11.8. The van der Waals surface area contributed by atoms with Crippen LogP contribution in [-0.2, 0) is 0 Å². The van der Waals surface area contributed by atoms with Crippen LogP contribution in [0.2, 0.25) is 0 Å². The molecular formula is C13H7BrN2O3S. The molecule has 1 N–H and O–H groups in total. The Labute approximate surface area is 126 Å². The highest BCUT2D eigenvalue weighted by Gasteiger charge is 2.15. The van der Waals surface area contributed by atoms with Crippen molar-refractivity contribution in [2.45, 2.75) is 0 Å². The molecule has 20 heavy (non-hydrogen) atoms. The zero-order valence-corrected chi connectivity index (χ0v) is 12.3. The lowest BCUT2D eigenvalue weighted by atomic mass is 10.1. The lowest BCUT2D eigenvalue weighted by Gasteiger charge is -1.97. The molecular weight excluding hydrogens is 344 g/mol. The summed E-state index contributed by atoms with van der Waals surface area (Å²) in [5.74, 6) is -0.293. The predicted molar refractivity (Wildman–Crippen MR) is 77.7 cm³/mol. The van der Waals surface area contributed by atoms with Crippen LogP contribution in [0.4, 0.5) is 0 Å². The monoisotopic (exact) mass is 350 g/mol. The fourth-order valence-corrected chi connectivity index (χ4v) is 3.12. The van der Waals surface area contributed by atoms with Crippen molar-refractivity contribution in [2.24, 2.45) is 0 Å². The molecule has 0 unspecified atom stereocenters. The van der Waals surface area contributed by atoms with E-state index in [1.54, 1.807) is 12.1 Å². The van der Waals surface area contributed by atoms with Gasteiger partial charge in [0.05, 0.1) is 5.56 Å². The van der Waals surface area contributed by atoms with E-state index in [0.29, 0.717) is 17.3 Å². The lowest BCUT2D eigenvalue weighted by Crippen LogP contribution is -1.95. The first-order chi connectivity index (χ1) is 9.65. The van der Waals surface area contributed by atoms with E-state index in [1.165, 1.54) is 23.5 Å². The molecule has 0 aliphatic rings. The number of rotatable bonds is 3. The normalized spacial score (nSPS) is 10.7. The zero-order valence-electron chi connectivity index (χ0n) is 9.91. The quantitative estimate of drug-likeness (QED) is 0.774. The number of halogens is 1. The summed E-state index contributed by atoms with van der Waals surface area (Å²) in [5.41, 5.74) is 0.760. The van der Waals surface area contributed by atoms with Gasteiger partial charge in [-0.15, -0.1) is 21.5 Å². The maximum absolute atomic E-state index is 10.9. The molecule has 0 spiro atoms. The second-order valence-electron chi connectivity index (χ2n) is 3.90. The molecule has 0 atom stereocenters. The molecule has 7 heteroatoms. The van der Waals surface area contributed by atoms with Crippen LogP contribution in [0.5, 0.6) is 0 Å². The van der Waals surface area contributed by atoms with Gasteiger partial charge in [-0.05, 0) is 45.6 Å². The molecule has 0 saturated heterocycles. The van der Waals surface area contributed by atoms with Gasteiger partial charge in [-0.3, -0.25) is 0 Å². The number of nitrogens with zero attached hydrogens (tertiary/aromatic N) is 2. The third-order valence-electron chi connectivity index (χ3n) is 2.59. The minimum absolute atomic E-state index is 0.180. The van der Waals surface area contributed by atoms with E-state index in [-0.39, 0.29) is 5.56 Å². The molecule has 0 aliphatic heterocycles. The van der Waals surface area contributed by atoms with E-state index in [4.69, 9.17) is 9.52 Å². The predicted octanol–water partition coefficient (Wildman–Crippen LogP) is 3.93. The number of carboxylic acid groups (broad SMARTS) is 1. The molecule has 0 bridgehead atoms. The molecule has 100 valence electrons. The molecule has 0 saturated carbocycles. The highest BCUT2D eigenvalue weighted by molar-refractivity contribution is 9.10. The van der Waals surface area contributed by atoms with Crippen molar-refractivity contribution in [1.82, 2.24) is 10.2 Å². The van der Waals surface area contributed by atoms with Crippen molar-refractivity contribution in [3.05, 3.63) is 45.7 Å². The van der Waals surface area contributed by atoms with Crippen LogP contribution >= 0.6 is 27.3 Å². The van der Waals surface area contributed by atoms with Gasteiger partial charge in [-0.1, -0.05) is 6.07 Å². The molecule has 2 heterocycles. The minimum atomic E-state index is -0.993. The molecule has 0 amide bonds. The SMILES string of the molecule is O=C(O)c1cccc(-c2nnc(-c3sccc3Br)o2)c1. The third kappa shape index (κ3) is 2.37. The maximum atomic E-state index is 10.9. The summed E-state index contributed by atoms with van der Waals surface area (Å²) in [6.07, 6.45) is 0. The molecule has 3 rings (SSSR count). The van der Waals surface area contributed by atoms with Crippen molar-refractivity contribution in [2.75, 3.05) is 0 Å². The van der Waals surface area contributed by atoms with Gasteiger partial charge in [0.1, 0.15) is 4.88 Å². The first kappa shape index (κ1) is 13.0.